The van der Waals surface area contributed by atoms with Gasteiger partial charge in [-0.1, -0.05) is 6.08 Å². The second-order valence-corrected chi connectivity index (χ2v) is 4.10. The molecule has 1 heterocycles. The predicted molar refractivity (Wildman–Crippen MR) is 68.7 cm³/mol. The molecule has 0 saturated carbocycles. The minimum Gasteiger partial charge on any atom is -0.396 e. The van der Waals surface area contributed by atoms with Crippen LogP contribution in [-0.2, 0) is 6.54 Å². The molecule has 0 aliphatic rings. The maximum Gasteiger partial charge on any atom is 0.274 e. The van der Waals surface area contributed by atoms with Gasteiger partial charge in [0.25, 0.3) is 5.91 Å². The Morgan fingerprint density at radius 1 is 1.71 bits per heavy atom. The Labute approximate surface area is 102 Å². The third-order valence-electron chi connectivity index (χ3n) is 2.58. The molecule has 1 rings (SSSR count). The highest BCUT2D eigenvalue weighted by atomic mass is 16.2. The summed E-state index contributed by atoms with van der Waals surface area (Å²) in [5.74, 6) is -0.100. The number of rotatable bonds is 5. The first kappa shape index (κ1) is 13.3. The van der Waals surface area contributed by atoms with E-state index in [1.165, 1.54) is 6.20 Å². The quantitative estimate of drug-likeness (QED) is 0.788. The van der Waals surface area contributed by atoms with Crippen molar-refractivity contribution in [2.45, 2.75) is 33.4 Å². The van der Waals surface area contributed by atoms with E-state index in [2.05, 4.69) is 11.7 Å². The molecule has 1 aromatic heterocycles. The van der Waals surface area contributed by atoms with E-state index < -0.39 is 0 Å². The molecule has 0 radical (unpaired) electrons. The Morgan fingerprint density at radius 2 is 2.35 bits per heavy atom. The number of aryl methyl sites for hydroxylation is 1. The summed E-state index contributed by atoms with van der Waals surface area (Å²) in [5, 5.41) is 4.08. The first-order chi connectivity index (χ1) is 8.02. The van der Waals surface area contributed by atoms with Gasteiger partial charge in [-0.15, -0.1) is 6.58 Å². The molecular formula is C12H20N4O. The molecule has 0 aliphatic heterocycles. The van der Waals surface area contributed by atoms with Crippen LogP contribution in [0, 0.1) is 0 Å². The van der Waals surface area contributed by atoms with Crippen LogP contribution < -0.4 is 5.73 Å². The normalized spacial score (nSPS) is 10.6. The number of nitrogens with two attached hydrogens (primary N) is 1. The lowest BCUT2D eigenvalue weighted by molar-refractivity contribution is 0.0717. The summed E-state index contributed by atoms with van der Waals surface area (Å²) in [5.41, 5.74) is 6.68. The monoisotopic (exact) mass is 236 g/mol. The van der Waals surface area contributed by atoms with Crippen molar-refractivity contribution in [3.05, 3.63) is 24.5 Å². The van der Waals surface area contributed by atoms with Gasteiger partial charge in [-0.3, -0.25) is 9.48 Å². The highest BCUT2D eigenvalue weighted by Gasteiger charge is 2.23. The van der Waals surface area contributed by atoms with E-state index in [4.69, 9.17) is 5.73 Å². The van der Waals surface area contributed by atoms with E-state index in [1.807, 2.05) is 20.8 Å². The maximum atomic E-state index is 12.4. The first-order valence-corrected chi connectivity index (χ1v) is 5.76. The number of amides is 1. The standard InChI is InChI=1S/C12H20N4O/c1-5-7-15(9(3)4)12(17)11-10(13)8-14-16(11)6-2/h5,8-9H,1,6-7,13H2,2-4H3. The lowest BCUT2D eigenvalue weighted by Gasteiger charge is -2.25. The van der Waals surface area contributed by atoms with Crippen LogP contribution in [0.3, 0.4) is 0 Å². The van der Waals surface area contributed by atoms with Crippen LogP contribution in [0.25, 0.3) is 0 Å². The van der Waals surface area contributed by atoms with Crippen molar-refractivity contribution in [2.24, 2.45) is 0 Å². The molecular weight excluding hydrogens is 216 g/mol. The molecule has 17 heavy (non-hydrogen) atoms. The fourth-order valence-corrected chi connectivity index (χ4v) is 1.68. The SMILES string of the molecule is C=CCN(C(=O)c1c(N)cnn1CC)C(C)C. The van der Waals surface area contributed by atoms with Gasteiger partial charge in [0.05, 0.1) is 11.9 Å². The number of hydrogen-bond acceptors (Lipinski definition) is 3. The average Bonchev–Trinajstić information content (AvgIpc) is 2.66. The first-order valence-electron chi connectivity index (χ1n) is 5.76. The van der Waals surface area contributed by atoms with Gasteiger partial charge in [0.2, 0.25) is 0 Å². The molecule has 2 N–H and O–H groups in total. The van der Waals surface area contributed by atoms with Crippen molar-refractivity contribution in [3.8, 4) is 0 Å². The van der Waals surface area contributed by atoms with Crippen LogP contribution in [0.2, 0.25) is 0 Å². The molecule has 1 amide bonds. The van der Waals surface area contributed by atoms with E-state index in [1.54, 1.807) is 15.7 Å². The van der Waals surface area contributed by atoms with Crippen LogP contribution in [0.1, 0.15) is 31.3 Å². The summed E-state index contributed by atoms with van der Waals surface area (Å²) >= 11 is 0. The Bertz CT molecular complexity index is 409. The molecule has 0 fully saturated rings. The Balaban J connectivity index is 3.08. The number of nitrogen functional groups attached to an aromatic ring is 1. The van der Waals surface area contributed by atoms with Crippen LogP contribution in [0.5, 0.6) is 0 Å². The van der Waals surface area contributed by atoms with Crippen molar-refractivity contribution < 1.29 is 4.79 Å². The number of hydrogen-bond donors (Lipinski definition) is 1. The zero-order valence-corrected chi connectivity index (χ0v) is 10.7. The molecule has 0 saturated heterocycles. The van der Waals surface area contributed by atoms with Crippen LogP contribution in [-0.4, -0.2) is 33.2 Å². The predicted octanol–water partition coefficient (Wildman–Crippen LogP) is 1.52. The summed E-state index contributed by atoms with van der Waals surface area (Å²) in [4.78, 5) is 14.1. The van der Waals surface area contributed by atoms with Gasteiger partial charge in [-0.2, -0.15) is 5.10 Å². The zero-order chi connectivity index (χ0) is 13.0. The molecule has 0 atom stereocenters. The minimum atomic E-state index is -0.100. The van der Waals surface area contributed by atoms with Gasteiger partial charge < -0.3 is 10.6 Å². The largest absolute Gasteiger partial charge is 0.396 e. The molecule has 94 valence electrons. The summed E-state index contributed by atoms with van der Waals surface area (Å²) in [6.07, 6.45) is 3.23. The minimum absolute atomic E-state index is 0.0973. The molecule has 0 unspecified atom stereocenters. The lowest BCUT2D eigenvalue weighted by atomic mass is 10.2. The van der Waals surface area contributed by atoms with E-state index in [0.29, 0.717) is 24.5 Å². The molecule has 0 aliphatic carbocycles. The van der Waals surface area contributed by atoms with Crippen LogP contribution >= 0.6 is 0 Å². The number of carbonyl (C=O) groups is 1. The molecule has 0 aromatic carbocycles. The summed E-state index contributed by atoms with van der Waals surface area (Å²) in [6.45, 7) is 10.6. The van der Waals surface area contributed by atoms with Gasteiger partial charge in [-0.25, -0.2) is 0 Å². The molecule has 5 nitrogen and oxygen atoms in total. The van der Waals surface area contributed by atoms with E-state index in [0.717, 1.165) is 0 Å². The second-order valence-electron chi connectivity index (χ2n) is 4.10. The number of carbonyl (C=O) groups excluding carboxylic acids is 1. The maximum absolute atomic E-state index is 12.4. The smallest absolute Gasteiger partial charge is 0.274 e. The van der Waals surface area contributed by atoms with Crippen molar-refractivity contribution >= 4 is 11.6 Å². The average molecular weight is 236 g/mol. The third kappa shape index (κ3) is 2.67. The van der Waals surface area contributed by atoms with Crippen molar-refractivity contribution in [3.63, 3.8) is 0 Å². The van der Waals surface area contributed by atoms with Crippen molar-refractivity contribution in [1.82, 2.24) is 14.7 Å². The molecule has 0 spiro atoms. The van der Waals surface area contributed by atoms with Gasteiger partial charge in [-0.05, 0) is 20.8 Å². The molecule has 1 aromatic rings. The number of aromatic nitrogens is 2. The van der Waals surface area contributed by atoms with E-state index in [9.17, 15) is 4.79 Å². The van der Waals surface area contributed by atoms with E-state index in [-0.39, 0.29) is 11.9 Å². The summed E-state index contributed by atoms with van der Waals surface area (Å²) < 4.78 is 1.62. The highest BCUT2D eigenvalue weighted by molar-refractivity contribution is 5.97. The molecule has 5 heteroatoms. The topological polar surface area (TPSA) is 64.2 Å². The van der Waals surface area contributed by atoms with Crippen LogP contribution in [0.4, 0.5) is 5.69 Å². The molecule has 0 bridgehead atoms. The van der Waals surface area contributed by atoms with Gasteiger partial charge in [0, 0.05) is 19.1 Å². The number of anilines is 1. The van der Waals surface area contributed by atoms with Gasteiger partial charge in [0.1, 0.15) is 5.69 Å². The second kappa shape index (κ2) is 5.52. The Morgan fingerprint density at radius 3 is 2.82 bits per heavy atom. The summed E-state index contributed by atoms with van der Waals surface area (Å²) in [7, 11) is 0. The third-order valence-corrected chi connectivity index (χ3v) is 2.58. The van der Waals surface area contributed by atoms with E-state index >= 15 is 0 Å². The zero-order valence-electron chi connectivity index (χ0n) is 10.7. The van der Waals surface area contributed by atoms with Gasteiger partial charge in [0.15, 0.2) is 0 Å². The van der Waals surface area contributed by atoms with Crippen molar-refractivity contribution in [2.75, 3.05) is 12.3 Å². The Hall–Kier alpha value is -1.78. The van der Waals surface area contributed by atoms with Gasteiger partial charge >= 0.3 is 0 Å². The fourth-order valence-electron chi connectivity index (χ4n) is 1.68. The number of nitrogens with zero attached hydrogens (tertiary/aromatic N) is 3. The fraction of sp³-hybridized carbons (Fsp3) is 0.500. The highest BCUT2D eigenvalue weighted by Crippen LogP contribution is 2.15. The van der Waals surface area contributed by atoms with Crippen molar-refractivity contribution in [1.29, 1.82) is 0 Å². The summed E-state index contributed by atoms with van der Waals surface area (Å²) in [6, 6.07) is 0.0973. The Kier molecular flexibility index (Phi) is 4.31. The lowest BCUT2D eigenvalue weighted by Crippen LogP contribution is -2.38. The van der Waals surface area contributed by atoms with Crippen LogP contribution in [0.15, 0.2) is 18.9 Å².